The largest absolute Gasteiger partial charge is 0.289 e. The Morgan fingerprint density at radius 2 is 2.42 bits per heavy atom. The van der Waals surface area contributed by atoms with Gasteiger partial charge in [0.2, 0.25) is 0 Å². The second kappa shape index (κ2) is 3.28. The second-order valence-electron chi connectivity index (χ2n) is 2.84. The fourth-order valence-electron chi connectivity index (χ4n) is 1.40. The molecule has 1 aliphatic heterocycles. The van der Waals surface area contributed by atoms with Crippen LogP contribution in [0.3, 0.4) is 0 Å². The molecule has 2 heteroatoms. The van der Waals surface area contributed by atoms with Crippen molar-refractivity contribution in [2.45, 2.75) is 12.8 Å². The summed E-state index contributed by atoms with van der Waals surface area (Å²) in [7, 11) is 0. The van der Waals surface area contributed by atoms with Crippen molar-refractivity contribution < 1.29 is 0 Å². The average Bonchev–Trinajstić information content (AvgIpc) is 2.57. The predicted octanol–water partition coefficient (Wildman–Crippen LogP) is 2.72. The quantitative estimate of drug-likeness (QED) is 0.627. The van der Waals surface area contributed by atoms with E-state index in [0.29, 0.717) is 0 Å². The van der Waals surface area contributed by atoms with Gasteiger partial charge in [-0.15, -0.1) is 0 Å². The minimum absolute atomic E-state index is 0.762. The first-order chi connectivity index (χ1) is 5.88. The summed E-state index contributed by atoms with van der Waals surface area (Å²) in [6.45, 7) is 0.949. The Morgan fingerprint density at radius 1 is 1.50 bits per heavy atom. The Kier molecular flexibility index (Phi) is 2.13. The number of hydrogen-bond acceptors (Lipinski definition) is 1. The van der Waals surface area contributed by atoms with E-state index in [9.17, 15) is 0 Å². The summed E-state index contributed by atoms with van der Waals surface area (Å²) in [5.74, 6) is 0. The fourth-order valence-corrected chi connectivity index (χ4v) is 1.64. The molecule has 12 heavy (non-hydrogen) atoms. The van der Waals surface area contributed by atoms with Crippen molar-refractivity contribution in [1.82, 2.24) is 0 Å². The topological polar surface area (TPSA) is 12.4 Å². The third-order valence-electron chi connectivity index (χ3n) is 2.00. The predicted molar refractivity (Wildman–Crippen MR) is 50.9 cm³/mol. The van der Waals surface area contributed by atoms with Crippen molar-refractivity contribution in [1.29, 1.82) is 0 Å². The van der Waals surface area contributed by atoms with Gasteiger partial charge in [-0.1, -0.05) is 23.7 Å². The maximum atomic E-state index is 5.99. The maximum Gasteiger partial charge on any atom is 0.0502 e. The number of halogens is 1. The zero-order chi connectivity index (χ0) is 8.39. The first kappa shape index (κ1) is 7.81. The molecule has 1 aromatic carbocycles. The van der Waals surface area contributed by atoms with E-state index < -0.39 is 0 Å². The van der Waals surface area contributed by atoms with Gasteiger partial charge in [-0.05, 0) is 25.0 Å². The van der Waals surface area contributed by atoms with Gasteiger partial charge >= 0.3 is 0 Å². The van der Waals surface area contributed by atoms with Crippen molar-refractivity contribution in [3.8, 4) is 0 Å². The molecular formula is C10H9ClN. The van der Waals surface area contributed by atoms with Gasteiger partial charge in [0.15, 0.2) is 0 Å². The van der Waals surface area contributed by atoms with Crippen LogP contribution in [-0.4, -0.2) is 12.3 Å². The van der Waals surface area contributed by atoms with E-state index in [1.807, 2.05) is 12.1 Å². The summed E-state index contributed by atoms with van der Waals surface area (Å²) in [6, 6.07) is 8.58. The maximum absolute atomic E-state index is 5.99. The van der Waals surface area contributed by atoms with Gasteiger partial charge in [-0.3, -0.25) is 4.99 Å². The first-order valence-electron chi connectivity index (χ1n) is 4.07. The van der Waals surface area contributed by atoms with E-state index in [1.54, 1.807) is 6.07 Å². The van der Waals surface area contributed by atoms with E-state index in [4.69, 9.17) is 11.6 Å². The van der Waals surface area contributed by atoms with Crippen LogP contribution >= 0.6 is 11.6 Å². The Morgan fingerprint density at radius 3 is 3.08 bits per heavy atom. The summed E-state index contributed by atoms with van der Waals surface area (Å²) in [6.07, 6.45) is 2.22. The highest BCUT2D eigenvalue weighted by atomic mass is 35.5. The zero-order valence-electron chi connectivity index (χ0n) is 6.68. The van der Waals surface area contributed by atoms with Crippen LogP contribution in [0.25, 0.3) is 0 Å². The van der Waals surface area contributed by atoms with Gasteiger partial charge in [0, 0.05) is 17.8 Å². The van der Waals surface area contributed by atoms with Crippen LogP contribution in [0, 0.1) is 6.07 Å². The average molecular weight is 179 g/mol. The summed E-state index contributed by atoms with van der Waals surface area (Å²) in [4.78, 5) is 4.39. The molecule has 1 heterocycles. The van der Waals surface area contributed by atoms with Crippen molar-refractivity contribution in [2.24, 2.45) is 4.99 Å². The number of benzene rings is 1. The summed E-state index contributed by atoms with van der Waals surface area (Å²) >= 11 is 5.99. The van der Waals surface area contributed by atoms with E-state index in [1.165, 1.54) is 0 Å². The van der Waals surface area contributed by atoms with Gasteiger partial charge in [-0.2, -0.15) is 0 Å². The molecule has 2 rings (SSSR count). The lowest BCUT2D eigenvalue weighted by molar-refractivity contribution is 0.951. The van der Waals surface area contributed by atoms with Gasteiger partial charge in [0.25, 0.3) is 0 Å². The molecule has 61 valence electrons. The molecule has 0 saturated heterocycles. The van der Waals surface area contributed by atoms with Crippen LogP contribution in [0.5, 0.6) is 0 Å². The second-order valence-corrected chi connectivity index (χ2v) is 3.25. The molecule has 0 spiro atoms. The van der Waals surface area contributed by atoms with Crippen LogP contribution in [0.1, 0.15) is 18.4 Å². The molecule has 1 nitrogen and oxygen atoms in total. The normalized spacial score (nSPS) is 16.2. The first-order valence-corrected chi connectivity index (χ1v) is 4.45. The van der Waals surface area contributed by atoms with Crippen LogP contribution < -0.4 is 0 Å². The Bertz CT molecular complexity index is 317. The lowest BCUT2D eigenvalue weighted by atomic mass is 10.1. The van der Waals surface area contributed by atoms with Gasteiger partial charge < -0.3 is 0 Å². The van der Waals surface area contributed by atoms with E-state index >= 15 is 0 Å². The standard InChI is InChI=1S/C10H9ClN/c11-9-5-2-1-4-8(9)10-6-3-7-12-10/h1,4-5H,3,6-7H2. The highest BCUT2D eigenvalue weighted by Gasteiger charge is 2.10. The molecule has 0 aromatic heterocycles. The van der Waals surface area contributed by atoms with Gasteiger partial charge in [0.05, 0.1) is 5.02 Å². The molecule has 0 atom stereocenters. The van der Waals surface area contributed by atoms with Crippen LogP contribution in [-0.2, 0) is 0 Å². The molecule has 0 amide bonds. The third-order valence-corrected chi connectivity index (χ3v) is 2.31. The SMILES string of the molecule is Clc1c[c]ccc1C1=NCCC1. The van der Waals surface area contributed by atoms with Crippen LogP contribution in [0.4, 0.5) is 0 Å². The summed E-state index contributed by atoms with van der Waals surface area (Å²) < 4.78 is 0. The fraction of sp³-hybridized carbons (Fsp3) is 0.300. The van der Waals surface area contributed by atoms with Crippen molar-refractivity contribution >= 4 is 17.3 Å². The van der Waals surface area contributed by atoms with E-state index in [-0.39, 0.29) is 0 Å². The molecule has 0 N–H and O–H groups in total. The minimum atomic E-state index is 0.762. The van der Waals surface area contributed by atoms with E-state index in [2.05, 4.69) is 11.1 Å². The lowest BCUT2D eigenvalue weighted by Crippen LogP contribution is -1.96. The number of rotatable bonds is 1. The third kappa shape index (κ3) is 1.37. The number of hydrogen-bond donors (Lipinski definition) is 0. The molecule has 1 radical (unpaired) electrons. The molecule has 0 fully saturated rings. The number of aliphatic imine (C=N–C) groups is 1. The Hall–Kier alpha value is -0.820. The smallest absolute Gasteiger partial charge is 0.0502 e. The lowest BCUT2D eigenvalue weighted by Gasteiger charge is -2.01. The highest BCUT2D eigenvalue weighted by Crippen LogP contribution is 2.20. The summed E-state index contributed by atoms with van der Waals surface area (Å²) in [5, 5.41) is 0.762. The van der Waals surface area contributed by atoms with Crippen molar-refractivity contribution in [2.75, 3.05) is 6.54 Å². The minimum Gasteiger partial charge on any atom is -0.289 e. The molecule has 1 aliphatic rings. The van der Waals surface area contributed by atoms with E-state index in [0.717, 1.165) is 35.7 Å². The van der Waals surface area contributed by atoms with Crippen LogP contribution in [0.2, 0.25) is 5.02 Å². The molecule has 0 bridgehead atoms. The molecule has 0 saturated carbocycles. The molecular weight excluding hydrogens is 170 g/mol. The number of nitrogens with zero attached hydrogens (tertiary/aromatic N) is 1. The molecule has 0 unspecified atom stereocenters. The van der Waals surface area contributed by atoms with Crippen molar-refractivity contribution in [3.63, 3.8) is 0 Å². The zero-order valence-corrected chi connectivity index (χ0v) is 7.43. The Balaban J connectivity index is 2.39. The summed E-state index contributed by atoms with van der Waals surface area (Å²) in [5.41, 5.74) is 2.22. The van der Waals surface area contributed by atoms with Crippen molar-refractivity contribution in [3.05, 3.63) is 34.9 Å². The van der Waals surface area contributed by atoms with Gasteiger partial charge in [0.1, 0.15) is 0 Å². The Labute approximate surface area is 77.1 Å². The molecule has 0 aliphatic carbocycles. The van der Waals surface area contributed by atoms with Gasteiger partial charge in [-0.25, -0.2) is 0 Å². The molecule has 1 aromatic rings. The monoisotopic (exact) mass is 178 g/mol. The highest BCUT2D eigenvalue weighted by molar-refractivity contribution is 6.34. The van der Waals surface area contributed by atoms with Crippen LogP contribution in [0.15, 0.2) is 23.2 Å².